The summed E-state index contributed by atoms with van der Waals surface area (Å²) in [6, 6.07) is 3.85. The molecule has 2 aromatic rings. The minimum absolute atomic E-state index is 0.173. The highest BCUT2D eigenvalue weighted by Gasteiger charge is 2.50. The van der Waals surface area contributed by atoms with Crippen LogP contribution in [0.15, 0.2) is 24.5 Å². The second kappa shape index (κ2) is 5.03. The molecule has 4 rings (SSSR count). The Bertz CT molecular complexity index is 697. The van der Waals surface area contributed by atoms with Gasteiger partial charge in [0, 0.05) is 17.8 Å². The van der Waals surface area contributed by atoms with Crippen LogP contribution in [0.5, 0.6) is 0 Å². The number of aliphatic hydroxyl groups excluding tert-OH is 3. The molecule has 0 radical (unpaired) electrons. The van der Waals surface area contributed by atoms with Crippen LogP contribution >= 0.6 is 0 Å². The lowest BCUT2D eigenvalue weighted by molar-refractivity contribution is -0.0895. The molecule has 3 heterocycles. The van der Waals surface area contributed by atoms with E-state index in [1.807, 2.05) is 19.1 Å². The number of ether oxygens (including phenoxy) is 1. The van der Waals surface area contributed by atoms with Crippen molar-refractivity contribution in [2.24, 2.45) is 5.92 Å². The zero-order valence-corrected chi connectivity index (χ0v) is 12.3. The number of aromatic nitrogens is 2. The van der Waals surface area contributed by atoms with Gasteiger partial charge in [-0.2, -0.15) is 0 Å². The molecule has 6 heteroatoms. The highest BCUT2D eigenvalue weighted by atomic mass is 16.6. The summed E-state index contributed by atoms with van der Waals surface area (Å²) in [6.07, 6.45) is 1.00. The van der Waals surface area contributed by atoms with Crippen molar-refractivity contribution in [1.29, 1.82) is 0 Å². The van der Waals surface area contributed by atoms with Crippen LogP contribution in [0.25, 0.3) is 11.0 Å². The lowest BCUT2D eigenvalue weighted by Gasteiger charge is -2.20. The van der Waals surface area contributed by atoms with Gasteiger partial charge in [0.2, 0.25) is 0 Å². The van der Waals surface area contributed by atoms with Crippen LogP contribution in [0, 0.1) is 12.8 Å². The molecule has 2 aromatic heterocycles. The summed E-state index contributed by atoms with van der Waals surface area (Å²) in [6.45, 7) is 1.99. The minimum atomic E-state index is -1.09. The lowest BCUT2D eigenvalue weighted by Crippen LogP contribution is -2.39. The smallest absolute Gasteiger partial charge is 0.164 e. The molecular weight excluding hydrogens is 284 g/mol. The van der Waals surface area contributed by atoms with Gasteiger partial charge in [-0.15, -0.1) is 0 Å². The Labute approximate surface area is 128 Å². The van der Waals surface area contributed by atoms with Gasteiger partial charge in [-0.1, -0.05) is 0 Å². The molecule has 5 atom stereocenters. The quantitative estimate of drug-likeness (QED) is 0.778. The molecule has 0 aromatic carbocycles. The first-order valence-corrected chi connectivity index (χ1v) is 7.69. The van der Waals surface area contributed by atoms with Crippen LogP contribution in [0.4, 0.5) is 0 Å². The van der Waals surface area contributed by atoms with Gasteiger partial charge >= 0.3 is 0 Å². The topological polar surface area (TPSA) is 87.7 Å². The Morgan fingerprint density at radius 2 is 2.05 bits per heavy atom. The standard InChI is InChI=1S/C16H20N2O4/c1-8-4-6-17-15-10(8)5-7-18(15)16-13(21)12(20)14(22-16)11(19)9-2-3-9/h4-7,9,11-14,16,19-21H,2-3H2,1H3. The fourth-order valence-electron chi connectivity index (χ4n) is 3.30. The number of aliphatic hydroxyl groups is 3. The van der Waals surface area contributed by atoms with Gasteiger partial charge in [-0.25, -0.2) is 4.98 Å². The Kier molecular flexibility index (Phi) is 3.23. The molecule has 0 amide bonds. The van der Waals surface area contributed by atoms with Crippen molar-refractivity contribution in [2.75, 3.05) is 0 Å². The van der Waals surface area contributed by atoms with E-state index in [0.29, 0.717) is 5.65 Å². The zero-order chi connectivity index (χ0) is 15.4. The van der Waals surface area contributed by atoms with Crippen LogP contribution in [-0.2, 0) is 4.74 Å². The molecule has 1 saturated heterocycles. The van der Waals surface area contributed by atoms with E-state index < -0.39 is 30.6 Å². The van der Waals surface area contributed by atoms with E-state index >= 15 is 0 Å². The van der Waals surface area contributed by atoms with E-state index in [1.54, 1.807) is 17.0 Å². The lowest BCUT2D eigenvalue weighted by atomic mass is 10.0. The second-order valence-corrected chi connectivity index (χ2v) is 6.39. The monoisotopic (exact) mass is 304 g/mol. The molecule has 2 fully saturated rings. The predicted octanol–water partition coefficient (Wildman–Crippen LogP) is 0.735. The van der Waals surface area contributed by atoms with Crippen molar-refractivity contribution < 1.29 is 20.1 Å². The van der Waals surface area contributed by atoms with Gasteiger partial charge in [0.1, 0.15) is 24.0 Å². The van der Waals surface area contributed by atoms with E-state index in [9.17, 15) is 15.3 Å². The van der Waals surface area contributed by atoms with Crippen molar-refractivity contribution in [1.82, 2.24) is 9.55 Å². The zero-order valence-electron chi connectivity index (χ0n) is 12.3. The summed E-state index contributed by atoms with van der Waals surface area (Å²) >= 11 is 0. The Morgan fingerprint density at radius 1 is 1.27 bits per heavy atom. The Morgan fingerprint density at radius 3 is 2.77 bits per heavy atom. The molecule has 1 saturated carbocycles. The fraction of sp³-hybridized carbons (Fsp3) is 0.562. The van der Waals surface area contributed by atoms with E-state index in [2.05, 4.69) is 4.98 Å². The Balaban J connectivity index is 1.68. The molecule has 1 aliphatic carbocycles. The van der Waals surface area contributed by atoms with Gasteiger partial charge in [0.15, 0.2) is 6.23 Å². The van der Waals surface area contributed by atoms with Crippen molar-refractivity contribution in [3.8, 4) is 0 Å². The third-order valence-electron chi connectivity index (χ3n) is 4.82. The summed E-state index contributed by atoms with van der Waals surface area (Å²) in [7, 11) is 0. The first kappa shape index (κ1) is 14.1. The van der Waals surface area contributed by atoms with Crippen molar-refractivity contribution in [2.45, 2.75) is 50.4 Å². The molecule has 1 aliphatic heterocycles. The number of hydrogen-bond donors (Lipinski definition) is 3. The van der Waals surface area contributed by atoms with Crippen LogP contribution in [-0.4, -0.2) is 49.3 Å². The van der Waals surface area contributed by atoms with Gasteiger partial charge in [0.25, 0.3) is 0 Å². The molecule has 0 spiro atoms. The number of fused-ring (bicyclic) bond motifs is 1. The summed E-state index contributed by atoms with van der Waals surface area (Å²) in [5.41, 5.74) is 1.80. The molecular formula is C16H20N2O4. The number of rotatable bonds is 3. The molecule has 6 nitrogen and oxygen atoms in total. The van der Waals surface area contributed by atoms with Gasteiger partial charge in [0.05, 0.1) is 6.10 Å². The summed E-state index contributed by atoms with van der Waals surface area (Å²) in [5.74, 6) is 0.173. The van der Waals surface area contributed by atoms with Crippen LogP contribution < -0.4 is 0 Å². The van der Waals surface area contributed by atoms with E-state index in [1.165, 1.54) is 0 Å². The number of nitrogens with zero attached hydrogens (tertiary/aromatic N) is 2. The molecule has 22 heavy (non-hydrogen) atoms. The Hall–Kier alpha value is -1.47. The van der Waals surface area contributed by atoms with E-state index in [0.717, 1.165) is 23.8 Å². The normalized spacial score (nSPS) is 33.5. The predicted molar refractivity (Wildman–Crippen MR) is 79.1 cm³/mol. The molecule has 5 unspecified atom stereocenters. The molecule has 2 aliphatic rings. The summed E-state index contributed by atoms with van der Waals surface area (Å²) in [4.78, 5) is 4.35. The molecule has 118 valence electrons. The molecule has 3 N–H and O–H groups in total. The SMILES string of the molecule is Cc1ccnc2c1ccn2C1OC(C(O)C2CC2)C(O)C1O. The largest absolute Gasteiger partial charge is 0.390 e. The van der Waals surface area contributed by atoms with Crippen LogP contribution in [0.1, 0.15) is 24.6 Å². The van der Waals surface area contributed by atoms with Crippen molar-refractivity contribution >= 4 is 11.0 Å². The average Bonchev–Trinajstić information content (AvgIpc) is 3.21. The highest BCUT2D eigenvalue weighted by molar-refractivity contribution is 5.79. The van der Waals surface area contributed by atoms with Crippen molar-refractivity contribution in [3.63, 3.8) is 0 Å². The fourth-order valence-corrected chi connectivity index (χ4v) is 3.30. The maximum atomic E-state index is 10.3. The van der Waals surface area contributed by atoms with Gasteiger partial charge in [-0.05, 0) is 43.4 Å². The summed E-state index contributed by atoms with van der Waals surface area (Å²) < 4.78 is 7.55. The third kappa shape index (κ3) is 2.06. The van der Waals surface area contributed by atoms with E-state index in [-0.39, 0.29) is 5.92 Å². The summed E-state index contributed by atoms with van der Waals surface area (Å²) in [5, 5.41) is 31.8. The van der Waals surface area contributed by atoms with Gasteiger partial charge in [-0.3, -0.25) is 0 Å². The average molecular weight is 304 g/mol. The van der Waals surface area contributed by atoms with E-state index in [4.69, 9.17) is 4.74 Å². The van der Waals surface area contributed by atoms with Crippen molar-refractivity contribution in [3.05, 3.63) is 30.1 Å². The number of aryl methyl sites for hydroxylation is 1. The van der Waals surface area contributed by atoms with Crippen LogP contribution in [0.3, 0.4) is 0 Å². The molecule has 0 bridgehead atoms. The number of hydrogen-bond acceptors (Lipinski definition) is 5. The van der Waals surface area contributed by atoms with Crippen LogP contribution in [0.2, 0.25) is 0 Å². The first-order valence-electron chi connectivity index (χ1n) is 7.69. The second-order valence-electron chi connectivity index (χ2n) is 6.39. The first-order chi connectivity index (χ1) is 10.6. The minimum Gasteiger partial charge on any atom is -0.390 e. The van der Waals surface area contributed by atoms with Gasteiger partial charge < -0.3 is 24.6 Å². The maximum absolute atomic E-state index is 10.3. The third-order valence-corrected chi connectivity index (χ3v) is 4.82. The number of pyridine rings is 1. The maximum Gasteiger partial charge on any atom is 0.164 e. The highest BCUT2D eigenvalue weighted by Crippen LogP contribution is 2.41.